The molecule has 156 valence electrons. The highest BCUT2D eigenvalue weighted by molar-refractivity contribution is 7.99. The van der Waals surface area contributed by atoms with E-state index in [-0.39, 0.29) is 18.3 Å². The first-order valence-corrected chi connectivity index (χ1v) is 11.0. The van der Waals surface area contributed by atoms with Gasteiger partial charge in [0.25, 0.3) is 5.91 Å². The first-order valence-electron chi connectivity index (χ1n) is 9.17. The van der Waals surface area contributed by atoms with Crippen molar-refractivity contribution < 1.29 is 9.53 Å². The number of amides is 1. The molecule has 3 rings (SSSR count). The molecule has 0 saturated carbocycles. The molecule has 1 amide bonds. The third-order valence-corrected chi connectivity index (χ3v) is 6.25. The Morgan fingerprint density at radius 2 is 1.90 bits per heavy atom. The van der Waals surface area contributed by atoms with Gasteiger partial charge in [-0.3, -0.25) is 9.69 Å². The second-order valence-corrected chi connectivity index (χ2v) is 8.81. The Labute approximate surface area is 186 Å². The van der Waals surface area contributed by atoms with E-state index >= 15 is 0 Å². The summed E-state index contributed by atoms with van der Waals surface area (Å²) in [4.78, 5) is 23.1. The smallest absolute Gasteiger partial charge is 0.261 e. The zero-order chi connectivity index (χ0) is 20.1. The van der Waals surface area contributed by atoms with Crippen molar-refractivity contribution >= 4 is 56.8 Å². The fourth-order valence-corrected chi connectivity index (χ4v) is 4.65. The van der Waals surface area contributed by atoms with Crippen LogP contribution in [0.4, 0.5) is 5.13 Å². The lowest BCUT2D eigenvalue weighted by atomic mass is 10.2. The Hall–Kier alpha value is -1.80. The van der Waals surface area contributed by atoms with E-state index in [0.29, 0.717) is 11.7 Å². The van der Waals surface area contributed by atoms with Crippen LogP contribution in [-0.2, 0) is 0 Å². The summed E-state index contributed by atoms with van der Waals surface area (Å²) in [6.45, 7) is 3.41. The first kappa shape index (κ1) is 23.5. The molecule has 1 heterocycles. The molecule has 0 aliphatic rings. The van der Waals surface area contributed by atoms with Crippen LogP contribution in [0, 0.1) is 0 Å². The van der Waals surface area contributed by atoms with Crippen molar-refractivity contribution in [2.24, 2.45) is 0 Å². The highest BCUT2D eigenvalue weighted by Crippen LogP contribution is 2.35. The number of rotatable bonds is 8. The number of hydrogen-bond acceptors (Lipinski definition) is 6. The van der Waals surface area contributed by atoms with Crippen LogP contribution >= 0.6 is 35.5 Å². The Balaban J connectivity index is 0.00000300. The monoisotopic (exact) mass is 451 g/mol. The van der Waals surface area contributed by atoms with Gasteiger partial charge in [0.05, 0.1) is 17.4 Å². The maximum absolute atomic E-state index is 13.5. The summed E-state index contributed by atoms with van der Waals surface area (Å²) in [5, 5.41) is 0.697. The Morgan fingerprint density at radius 3 is 2.59 bits per heavy atom. The number of fused-ring (bicyclic) bond motifs is 1. The number of anilines is 1. The number of nitrogens with zero attached hydrogens (tertiary/aromatic N) is 3. The topological polar surface area (TPSA) is 45.7 Å². The molecule has 0 N–H and O–H groups in total. The third kappa shape index (κ3) is 5.42. The largest absolute Gasteiger partial charge is 0.494 e. The van der Waals surface area contributed by atoms with Gasteiger partial charge in [0.1, 0.15) is 11.3 Å². The van der Waals surface area contributed by atoms with Gasteiger partial charge >= 0.3 is 0 Å². The average Bonchev–Trinajstić information content (AvgIpc) is 3.12. The summed E-state index contributed by atoms with van der Waals surface area (Å²) in [5.41, 5.74) is 1.52. The van der Waals surface area contributed by atoms with Crippen LogP contribution in [0.3, 0.4) is 0 Å². The predicted molar refractivity (Wildman–Crippen MR) is 126 cm³/mol. The van der Waals surface area contributed by atoms with Gasteiger partial charge in [-0.1, -0.05) is 36.5 Å². The maximum atomic E-state index is 13.5. The van der Waals surface area contributed by atoms with Crippen LogP contribution in [0.2, 0.25) is 0 Å². The number of benzene rings is 2. The third-order valence-electron chi connectivity index (χ3n) is 4.25. The number of methoxy groups -OCH3 is 1. The Bertz CT molecular complexity index is 962. The van der Waals surface area contributed by atoms with Crippen LogP contribution in [0.15, 0.2) is 47.4 Å². The molecule has 29 heavy (non-hydrogen) atoms. The Kier molecular flexibility index (Phi) is 8.77. The maximum Gasteiger partial charge on any atom is 0.261 e. The lowest BCUT2D eigenvalue weighted by Gasteiger charge is -2.23. The van der Waals surface area contributed by atoms with E-state index in [4.69, 9.17) is 9.72 Å². The van der Waals surface area contributed by atoms with Crippen LogP contribution < -0.4 is 9.64 Å². The normalized spacial score (nSPS) is 10.8. The number of carbonyl (C=O) groups is 1. The first-order chi connectivity index (χ1) is 13.5. The van der Waals surface area contributed by atoms with Crippen LogP contribution in [0.25, 0.3) is 10.2 Å². The lowest BCUT2D eigenvalue weighted by molar-refractivity contribution is 0.0982. The fraction of sp³-hybridized carbons (Fsp3) is 0.333. The van der Waals surface area contributed by atoms with E-state index in [1.54, 1.807) is 23.8 Å². The standard InChI is InChI=1S/C21H25N3O2S2.ClH/c1-5-27-17-11-7-6-9-15(17)20(25)24(14-13-23(2)3)21-22-19-16(26-4)10-8-12-18(19)28-21;/h6-12H,5,13-14H2,1-4H3;1H. The minimum Gasteiger partial charge on any atom is -0.494 e. The number of thiazole rings is 1. The van der Waals surface area contributed by atoms with Gasteiger partial charge in [0.2, 0.25) is 0 Å². The summed E-state index contributed by atoms with van der Waals surface area (Å²) < 4.78 is 6.45. The number of likely N-dealkylation sites (N-methyl/N-ethyl adjacent to an activating group) is 1. The molecule has 3 aromatic rings. The second kappa shape index (κ2) is 10.8. The van der Waals surface area contributed by atoms with Gasteiger partial charge in [-0.25, -0.2) is 4.98 Å². The molecule has 2 aromatic carbocycles. The number of halogens is 1. The number of aromatic nitrogens is 1. The average molecular weight is 452 g/mol. The number of ether oxygens (including phenoxy) is 1. The summed E-state index contributed by atoms with van der Waals surface area (Å²) in [7, 11) is 5.65. The van der Waals surface area contributed by atoms with Crippen molar-refractivity contribution in [2.75, 3.05) is 44.9 Å². The highest BCUT2D eigenvalue weighted by Gasteiger charge is 2.24. The van der Waals surface area contributed by atoms with E-state index in [2.05, 4.69) is 11.8 Å². The van der Waals surface area contributed by atoms with E-state index in [9.17, 15) is 4.79 Å². The SMILES string of the molecule is CCSc1ccccc1C(=O)N(CCN(C)C)c1nc2c(OC)cccc2s1.Cl. The second-order valence-electron chi connectivity index (χ2n) is 6.49. The highest BCUT2D eigenvalue weighted by atomic mass is 35.5. The van der Waals surface area contributed by atoms with Crippen molar-refractivity contribution in [1.82, 2.24) is 9.88 Å². The molecule has 0 aliphatic heterocycles. The minimum absolute atomic E-state index is 0. The minimum atomic E-state index is -0.0172. The van der Waals surface area contributed by atoms with Gasteiger partial charge in [-0.05, 0) is 44.1 Å². The van der Waals surface area contributed by atoms with Crippen LogP contribution in [-0.4, -0.2) is 55.8 Å². The van der Waals surface area contributed by atoms with E-state index in [0.717, 1.165) is 38.7 Å². The fourth-order valence-electron chi connectivity index (χ4n) is 2.85. The summed E-state index contributed by atoms with van der Waals surface area (Å²) in [5.74, 6) is 1.62. The van der Waals surface area contributed by atoms with Crippen molar-refractivity contribution in [2.45, 2.75) is 11.8 Å². The van der Waals surface area contributed by atoms with Crippen molar-refractivity contribution in [3.63, 3.8) is 0 Å². The van der Waals surface area contributed by atoms with Crippen LogP contribution in [0.5, 0.6) is 5.75 Å². The summed E-state index contributed by atoms with van der Waals surface area (Å²) >= 11 is 3.20. The quantitative estimate of drug-likeness (QED) is 0.448. The number of hydrogen-bond donors (Lipinski definition) is 0. The van der Waals surface area contributed by atoms with Gasteiger partial charge in [-0.2, -0.15) is 0 Å². The van der Waals surface area contributed by atoms with Crippen LogP contribution in [0.1, 0.15) is 17.3 Å². The van der Waals surface area contributed by atoms with E-state index in [1.807, 2.05) is 56.6 Å². The summed E-state index contributed by atoms with van der Waals surface area (Å²) in [6, 6.07) is 13.6. The molecule has 0 aliphatic carbocycles. The molecular weight excluding hydrogens is 426 g/mol. The zero-order valence-corrected chi connectivity index (χ0v) is 19.5. The van der Waals surface area contributed by atoms with Crippen molar-refractivity contribution in [1.29, 1.82) is 0 Å². The molecule has 0 saturated heterocycles. The molecule has 0 bridgehead atoms. The van der Waals surface area contributed by atoms with Gasteiger partial charge in [0.15, 0.2) is 5.13 Å². The summed E-state index contributed by atoms with van der Waals surface area (Å²) in [6.07, 6.45) is 0. The zero-order valence-electron chi connectivity index (χ0n) is 17.0. The molecular formula is C21H26ClN3O2S2. The van der Waals surface area contributed by atoms with Crippen molar-refractivity contribution in [3.05, 3.63) is 48.0 Å². The van der Waals surface area contributed by atoms with Gasteiger partial charge in [0, 0.05) is 18.0 Å². The van der Waals surface area contributed by atoms with Crippen molar-refractivity contribution in [3.8, 4) is 5.75 Å². The molecule has 0 unspecified atom stereocenters. The van der Waals surface area contributed by atoms with E-state index in [1.165, 1.54) is 11.3 Å². The molecule has 0 spiro atoms. The Morgan fingerprint density at radius 1 is 1.14 bits per heavy atom. The number of thioether (sulfide) groups is 1. The van der Waals surface area contributed by atoms with Gasteiger partial charge < -0.3 is 9.64 Å². The predicted octanol–water partition coefficient (Wildman–Crippen LogP) is 5.05. The molecule has 0 fully saturated rings. The molecule has 0 atom stereocenters. The number of carbonyl (C=O) groups excluding carboxylic acids is 1. The van der Waals surface area contributed by atoms with E-state index < -0.39 is 0 Å². The van der Waals surface area contributed by atoms with Gasteiger partial charge in [-0.15, -0.1) is 24.2 Å². The molecule has 0 radical (unpaired) electrons. The molecule has 8 heteroatoms. The number of para-hydroxylation sites is 1. The lowest BCUT2D eigenvalue weighted by Crippen LogP contribution is -2.37. The molecule has 5 nitrogen and oxygen atoms in total. The molecule has 1 aromatic heterocycles.